The zero-order chi connectivity index (χ0) is 26.4. The van der Waals surface area contributed by atoms with Gasteiger partial charge in [0.1, 0.15) is 0 Å². The van der Waals surface area contributed by atoms with E-state index in [9.17, 15) is 9.59 Å². The number of nitrogens with two attached hydrogens (primary N) is 1. The first kappa shape index (κ1) is 24.3. The summed E-state index contributed by atoms with van der Waals surface area (Å²) in [6.45, 7) is 5.25. The van der Waals surface area contributed by atoms with Crippen molar-refractivity contribution in [3.05, 3.63) is 94.6 Å². The van der Waals surface area contributed by atoms with Crippen LogP contribution in [0.4, 0.5) is 0 Å². The van der Waals surface area contributed by atoms with Gasteiger partial charge in [-0.3, -0.25) is 24.5 Å². The van der Waals surface area contributed by atoms with E-state index < -0.39 is 5.54 Å². The van der Waals surface area contributed by atoms with Gasteiger partial charge in [-0.1, -0.05) is 50.2 Å². The molecule has 3 aliphatic rings. The first-order valence-electron chi connectivity index (χ1n) is 13.3. The number of amides is 2. The van der Waals surface area contributed by atoms with Crippen molar-refractivity contribution in [3.63, 3.8) is 0 Å². The van der Waals surface area contributed by atoms with Crippen LogP contribution in [0.15, 0.2) is 65.9 Å². The topological polar surface area (TPSA) is 105 Å². The van der Waals surface area contributed by atoms with E-state index in [1.54, 1.807) is 22.2 Å². The predicted molar refractivity (Wildman–Crippen MR) is 144 cm³/mol. The fourth-order valence-electron chi connectivity index (χ4n) is 5.97. The Hall–Kier alpha value is -4.07. The highest BCUT2D eigenvalue weighted by Crippen LogP contribution is 2.41. The fourth-order valence-corrected chi connectivity index (χ4v) is 5.97. The molecule has 1 unspecified atom stereocenters. The molecule has 8 nitrogen and oxygen atoms in total. The van der Waals surface area contributed by atoms with E-state index in [0.717, 1.165) is 34.5 Å². The molecule has 0 saturated heterocycles. The number of fused-ring (bicyclic) bond motifs is 2. The molecule has 1 aliphatic carbocycles. The first-order chi connectivity index (χ1) is 18.4. The third-order valence-corrected chi connectivity index (χ3v) is 8.02. The Balaban J connectivity index is 1.22. The van der Waals surface area contributed by atoms with E-state index in [0.29, 0.717) is 43.8 Å². The van der Waals surface area contributed by atoms with Crippen LogP contribution in [0.1, 0.15) is 65.1 Å². The highest BCUT2D eigenvalue weighted by Gasteiger charge is 2.51. The number of carbonyl (C=O) groups is 2. The molecular weight excluding hydrogens is 476 g/mol. The zero-order valence-electron chi connectivity index (χ0n) is 21.8. The standard InChI is InChI=1S/C30H32N6O2/c1-19(2)10-11-30(23-6-4-3-5-7-23)28(38)36(29(31)34-30)24-15-20-8-9-21(14-22(20)16-24)27(37)35-17-25-26(18-35)33-13-12-32-25/h3-9,12-14,19,24H,10-11,15-18H2,1-2H3,(H2,31,34)/t24?,30-/m1/s1. The van der Waals surface area contributed by atoms with Gasteiger partial charge in [-0.15, -0.1) is 0 Å². The van der Waals surface area contributed by atoms with E-state index in [1.165, 1.54) is 0 Å². The Morgan fingerprint density at radius 2 is 1.71 bits per heavy atom. The number of aliphatic imine (C=N–C) groups is 1. The Morgan fingerprint density at radius 1 is 1.03 bits per heavy atom. The smallest absolute Gasteiger partial charge is 0.262 e. The Labute approximate surface area is 222 Å². The summed E-state index contributed by atoms with van der Waals surface area (Å²) in [5.74, 6) is 0.638. The number of hydrogen-bond donors (Lipinski definition) is 1. The van der Waals surface area contributed by atoms with Crippen molar-refractivity contribution in [2.24, 2.45) is 16.6 Å². The van der Waals surface area contributed by atoms with Crippen molar-refractivity contribution in [2.75, 3.05) is 0 Å². The van der Waals surface area contributed by atoms with Crippen LogP contribution >= 0.6 is 0 Å². The molecule has 2 aromatic carbocycles. The minimum absolute atomic E-state index is 0.0360. The molecule has 2 N–H and O–H groups in total. The molecule has 0 saturated carbocycles. The Morgan fingerprint density at radius 3 is 2.39 bits per heavy atom. The van der Waals surface area contributed by atoms with Gasteiger partial charge in [0.25, 0.3) is 11.8 Å². The molecular formula is C30H32N6O2. The third-order valence-electron chi connectivity index (χ3n) is 8.02. The minimum atomic E-state index is -0.988. The summed E-state index contributed by atoms with van der Waals surface area (Å²) >= 11 is 0. The molecule has 0 radical (unpaired) electrons. The molecule has 8 heteroatoms. The normalized spacial score (nSPS) is 22.1. The van der Waals surface area contributed by atoms with Gasteiger partial charge in [-0.2, -0.15) is 0 Å². The summed E-state index contributed by atoms with van der Waals surface area (Å²) < 4.78 is 0. The second-order valence-electron chi connectivity index (χ2n) is 11.0. The maximum atomic E-state index is 14.1. The molecule has 2 aliphatic heterocycles. The third kappa shape index (κ3) is 4.04. The van der Waals surface area contributed by atoms with Gasteiger partial charge in [-0.25, -0.2) is 4.99 Å². The number of aromatic nitrogens is 2. The van der Waals surface area contributed by atoms with Crippen molar-refractivity contribution < 1.29 is 9.59 Å². The first-order valence-corrected chi connectivity index (χ1v) is 13.3. The van der Waals surface area contributed by atoms with Gasteiger partial charge < -0.3 is 10.6 Å². The quantitative estimate of drug-likeness (QED) is 0.548. The number of rotatable bonds is 6. The van der Waals surface area contributed by atoms with Gasteiger partial charge in [0.15, 0.2) is 11.5 Å². The Bertz CT molecular complexity index is 1410. The number of hydrogen-bond acceptors (Lipinski definition) is 6. The van der Waals surface area contributed by atoms with Crippen LogP contribution in [-0.2, 0) is 36.3 Å². The molecule has 3 aromatic rings. The second-order valence-corrected chi connectivity index (χ2v) is 11.0. The predicted octanol–water partition coefficient (Wildman–Crippen LogP) is 3.59. The van der Waals surface area contributed by atoms with Crippen LogP contribution in [0.2, 0.25) is 0 Å². The lowest BCUT2D eigenvalue weighted by atomic mass is 9.83. The lowest BCUT2D eigenvalue weighted by Crippen LogP contribution is -2.49. The highest BCUT2D eigenvalue weighted by molar-refractivity contribution is 6.07. The maximum Gasteiger partial charge on any atom is 0.262 e. The molecule has 38 heavy (non-hydrogen) atoms. The van der Waals surface area contributed by atoms with Crippen LogP contribution in [-0.4, -0.2) is 43.6 Å². The van der Waals surface area contributed by atoms with Gasteiger partial charge in [0.05, 0.1) is 24.5 Å². The molecule has 2 amide bonds. The van der Waals surface area contributed by atoms with Gasteiger partial charge in [-0.05, 0) is 60.4 Å². The molecule has 1 aromatic heterocycles. The van der Waals surface area contributed by atoms with Gasteiger partial charge in [0, 0.05) is 24.0 Å². The molecule has 0 fully saturated rings. The van der Waals surface area contributed by atoms with Crippen LogP contribution in [0.25, 0.3) is 0 Å². The van der Waals surface area contributed by atoms with Gasteiger partial charge >= 0.3 is 0 Å². The van der Waals surface area contributed by atoms with E-state index in [4.69, 9.17) is 10.7 Å². The van der Waals surface area contributed by atoms with E-state index in [-0.39, 0.29) is 23.8 Å². The van der Waals surface area contributed by atoms with Crippen molar-refractivity contribution in [1.29, 1.82) is 0 Å². The lowest BCUT2D eigenvalue weighted by Gasteiger charge is -2.30. The van der Waals surface area contributed by atoms with Crippen molar-refractivity contribution in [2.45, 2.75) is 64.2 Å². The summed E-state index contributed by atoms with van der Waals surface area (Å²) in [7, 11) is 0. The number of nitrogens with zero attached hydrogens (tertiary/aromatic N) is 5. The zero-order valence-corrected chi connectivity index (χ0v) is 21.8. The average Bonchev–Trinajstić information content (AvgIpc) is 3.60. The summed E-state index contributed by atoms with van der Waals surface area (Å²) in [4.78, 5) is 44.4. The molecule has 194 valence electrons. The van der Waals surface area contributed by atoms with E-state index in [2.05, 4.69) is 23.8 Å². The second kappa shape index (κ2) is 9.35. The van der Waals surface area contributed by atoms with Crippen molar-refractivity contribution in [3.8, 4) is 0 Å². The monoisotopic (exact) mass is 508 g/mol. The maximum absolute atomic E-state index is 14.1. The largest absolute Gasteiger partial charge is 0.369 e. The van der Waals surface area contributed by atoms with E-state index >= 15 is 0 Å². The fraction of sp³-hybridized carbons (Fsp3) is 0.367. The average molecular weight is 509 g/mol. The molecule has 2 atom stereocenters. The number of carbonyl (C=O) groups excluding carboxylic acids is 2. The van der Waals surface area contributed by atoms with Gasteiger partial charge in [0.2, 0.25) is 0 Å². The summed E-state index contributed by atoms with van der Waals surface area (Å²) in [5.41, 5.74) is 10.9. The molecule has 0 spiro atoms. The summed E-state index contributed by atoms with van der Waals surface area (Å²) in [5, 5.41) is 0. The molecule has 0 bridgehead atoms. The van der Waals surface area contributed by atoms with Crippen LogP contribution in [0.5, 0.6) is 0 Å². The van der Waals surface area contributed by atoms with Crippen LogP contribution in [0, 0.1) is 5.92 Å². The molecule has 6 rings (SSSR count). The minimum Gasteiger partial charge on any atom is -0.369 e. The van der Waals surface area contributed by atoms with Crippen molar-refractivity contribution in [1.82, 2.24) is 19.8 Å². The summed E-state index contributed by atoms with van der Waals surface area (Å²) in [6, 6.07) is 15.5. The number of guanidine groups is 1. The van der Waals surface area contributed by atoms with E-state index in [1.807, 2.05) is 48.5 Å². The highest BCUT2D eigenvalue weighted by atomic mass is 16.2. The molecule has 3 heterocycles. The van der Waals surface area contributed by atoms with Crippen molar-refractivity contribution >= 4 is 17.8 Å². The number of benzene rings is 2. The summed E-state index contributed by atoms with van der Waals surface area (Å²) in [6.07, 6.45) is 6.12. The van der Waals surface area contributed by atoms with Crippen LogP contribution < -0.4 is 5.73 Å². The SMILES string of the molecule is CC(C)CC[C@]1(c2ccccc2)N=C(N)N(C2Cc3ccc(C(=O)N4Cc5nccnc5C4)cc3C2)C1=O. The Kier molecular flexibility index (Phi) is 5.97. The van der Waals surface area contributed by atoms with Crippen LogP contribution in [0.3, 0.4) is 0 Å². The lowest BCUT2D eigenvalue weighted by molar-refractivity contribution is -0.133.